The lowest BCUT2D eigenvalue weighted by atomic mass is 9.44. The van der Waals surface area contributed by atoms with E-state index in [1.165, 1.54) is 0 Å². The standard InChI is InChI=1S/C33H43NO5/c1-5-6-24-17-33(28(37)19-38-23-10-8-21(34-4)9-11-23)29(39-24)16-26-25-12-7-20-15-22(35)13-14-31(20,2)30(25)27(36)18-32(26,33)3/h8-11,13-15,24-27,29-30,34,36H,5-7,12,16-19H2,1-4H3. The van der Waals surface area contributed by atoms with E-state index in [2.05, 4.69) is 26.1 Å². The Bertz CT molecular complexity index is 1200. The van der Waals surface area contributed by atoms with Crippen molar-refractivity contribution in [2.24, 2.45) is 34.0 Å². The number of carbonyl (C=O) groups excluding carboxylic acids is 2. The summed E-state index contributed by atoms with van der Waals surface area (Å²) in [6.07, 6.45) is 10.8. The molecule has 1 aliphatic heterocycles. The number of Topliss-reactive ketones (excluding diaryl/α,β-unsaturated/α-hetero) is 1. The number of allylic oxidation sites excluding steroid dienone is 4. The number of aliphatic hydroxyl groups excluding tert-OH is 1. The average molecular weight is 534 g/mol. The number of hydrogen-bond acceptors (Lipinski definition) is 6. The van der Waals surface area contributed by atoms with Gasteiger partial charge in [-0.15, -0.1) is 0 Å². The van der Waals surface area contributed by atoms with E-state index in [0.717, 1.165) is 43.4 Å². The van der Waals surface area contributed by atoms with Crippen LogP contribution in [0.5, 0.6) is 5.75 Å². The van der Waals surface area contributed by atoms with Gasteiger partial charge in [-0.05, 0) is 92.2 Å². The number of ether oxygens (including phenoxy) is 2. The molecule has 0 bridgehead atoms. The van der Waals surface area contributed by atoms with Crippen molar-refractivity contribution in [1.82, 2.24) is 0 Å². The van der Waals surface area contributed by atoms with Crippen molar-refractivity contribution in [1.29, 1.82) is 0 Å². The van der Waals surface area contributed by atoms with Gasteiger partial charge in [-0.1, -0.05) is 38.8 Å². The number of rotatable bonds is 7. The molecule has 1 saturated heterocycles. The van der Waals surface area contributed by atoms with Crippen LogP contribution >= 0.6 is 0 Å². The highest BCUT2D eigenvalue weighted by Crippen LogP contribution is 2.72. The van der Waals surface area contributed by atoms with E-state index in [0.29, 0.717) is 18.6 Å². The Labute approximate surface area is 232 Å². The number of hydrogen-bond donors (Lipinski definition) is 2. The SMILES string of the molecule is CCCC1CC2(C(=O)COc3ccc(NC)cc3)C(CC3C4CCC5=CC(=O)C=CC5(C)C4C(O)CC32C)O1. The summed E-state index contributed by atoms with van der Waals surface area (Å²) in [6, 6.07) is 7.68. The van der Waals surface area contributed by atoms with Gasteiger partial charge in [-0.2, -0.15) is 0 Å². The molecule has 1 heterocycles. The van der Waals surface area contributed by atoms with Crippen molar-refractivity contribution in [2.45, 2.75) is 84.0 Å². The molecule has 0 aromatic heterocycles. The number of ketones is 2. The van der Waals surface area contributed by atoms with Crippen molar-refractivity contribution < 1.29 is 24.2 Å². The normalized spacial score (nSPS) is 42.2. The van der Waals surface area contributed by atoms with Gasteiger partial charge in [0.25, 0.3) is 0 Å². The molecule has 6 rings (SSSR count). The van der Waals surface area contributed by atoms with Gasteiger partial charge in [0.2, 0.25) is 0 Å². The molecule has 6 nitrogen and oxygen atoms in total. The zero-order valence-corrected chi connectivity index (χ0v) is 23.7. The molecule has 9 unspecified atom stereocenters. The minimum atomic E-state index is -0.663. The van der Waals surface area contributed by atoms with Crippen molar-refractivity contribution in [3.8, 4) is 5.75 Å². The van der Waals surface area contributed by atoms with Crippen LogP contribution in [-0.4, -0.2) is 48.6 Å². The molecule has 6 heteroatoms. The molecule has 39 heavy (non-hydrogen) atoms. The summed E-state index contributed by atoms with van der Waals surface area (Å²) in [5.41, 5.74) is 0.792. The summed E-state index contributed by atoms with van der Waals surface area (Å²) in [6.45, 7) is 6.64. The Morgan fingerprint density at radius 3 is 2.69 bits per heavy atom. The van der Waals surface area contributed by atoms with E-state index in [-0.39, 0.29) is 59.0 Å². The zero-order valence-electron chi connectivity index (χ0n) is 23.7. The first-order valence-corrected chi connectivity index (χ1v) is 14.9. The van der Waals surface area contributed by atoms with Crippen LogP contribution in [0.15, 0.2) is 48.1 Å². The molecule has 0 amide bonds. The van der Waals surface area contributed by atoms with Crippen LogP contribution in [-0.2, 0) is 14.3 Å². The molecule has 4 aliphatic carbocycles. The quantitative estimate of drug-likeness (QED) is 0.481. The molecule has 1 aromatic rings. The first-order valence-electron chi connectivity index (χ1n) is 14.9. The highest BCUT2D eigenvalue weighted by atomic mass is 16.5. The summed E-state index contributed by atoms with van der Waals surface area (Å²) in [5, 5.41) is 15.0. The Balaban J connectivity index is 1.32. The molecule has 210 valence electrons. The van der Waals surface area contributed by atoms with Gasteiger partial charge in [-0.25, -0.2) is 0 Å². The second kappa shape index (κ2) is 9.59. The van der Waals surface area contributed by atoms with Crippen LogP contribution in [0, 0.1) is 34.0 Å². The third-order valence-corrected chi connectivity index (χ3v) is 11.5. The summed E-state index contributed by atoms with van der Waals surface area (Å²) < 4.78 is 12.8. The fourth-order valence-electron chi connectivity index (χ4n) is 9.70. The summed E-state index contributed by atoms with van der Waals surface area (Å²) >= 11 is 0. The van der Waals surface area contributed by atoms with Gasteiger partial charge in [0.15, 0.2) is 11.6 Å². The zero-order chi connectivity index (χ0) is 27.6. The third-order valence-electron chi connectivity index (χ3n) is 11.5. The molecule has 0 spiro atoms. The van der Waals surface area contributed by atoms with E-state index >= 15 is 0 Å². The van der Waals surface area contributed by atoms with Crippen molar-refractivity contribution in [3.63, 3.8) is 0 Å². The average Bonchev–Trinajstić information content (AvgIpc) is 3.40. The first kappa shape index (κ1) is 26.8. The van der Waals surface area contributed by atoms with E-state index in [1.54, 1.807) is 12.2 Å². The van der Waals surface area contributed by atoms with Gasteiger partial charge in [0.1, 0.15) is 12.4 Å². The summed E-state index contributed by atoms with van der Waals surface area (Å²) in [7, 11) is 1.87. The summed E-state index contributed by atoms with van der Waals surface area (Å²) in [5.74, 6) is 1.44. The number of anilines is 1. The maximum Gasteiger partial charge on any atom is 0.179 e. The predicted molar refractivity (Wildman–Crippen MR) is 150 cm³/mol. The molecular weight excluding hydrogens is 490 g/mol. The maximum atomic E-state index is 14.4. The molecule has 0 radical (unpaired) electrons. The van der Waals surface area contributed by atoms with Crippen LogP contribution in [0.25, 0.3) is 0 Å². The highest BCUT2D eigenvalue weighted by Gasteiger charge is 2.74. The number of nitrogens with one attached hydrogen (secondary N) is 1. The second-order valence-corrected chi connectivity index (χ2v) is 13.1. The van der Waals surface area contributed by atoms with E-state index in [9.17, 15) is 14.7 Å². The topological polar surface area (TPSA) is 84.9 Å². The summed E-state index contributed by atoms with van der Waals surface area (Å²) in [4.78, 5) is 26.6. The Morgan fingerprint density at radius 1 is 1.21 bits per heavy atom. The molecule has 3 saturated carbocycles. The van der Waals surface area contributed by atoms with Gasteiger partial charge in [-0.3, -0.25) is 9.59 Å². The van der Waals surface area contributed by atoms with E-state index in [1.807, 2.05) is 37.4 Å². The van der Waals surface area contributed by atoms with E-state index < -0.39 is 11.5 Å². The lowest BCUT2D eigenvalue weighted by Crippen LogP contribution is -2.60. The number of fused-ring (bicyclic) bond motifs is 7. The molecule has 1 aromatic carbocycles. The highest BCUT2D eigenvalue weighted by molar-refractivity contribution is 6.01. The van der Waals surface area contributed by atoms with Crippen LogP contribution in [0.2, 0.25) is 0 Å². The third kappa shape index (κ3) is 3.88. The minimum absolute atomic E-state index is 0.0134. The molecule has 2 N–H and O–H groups in total. The lowest BCUT2D eigenvalue weighted by molar-refractivity contribution is -0.158. The fraction of sp³-hybridized carbons (Fsp3) is 0.636. The van der Waals surface area contributed by atoms with Crippen LogP contribution < -0.4 is 10.1 Å². The fourth-order valence-corrected chi connectivity index (χ4v) is 9.70. The molecule has 5 aliphatic rings. The number of aliphatic hydroxyl groups is 1. The molecular formula is C33H43NO5. The van der Waals surface area contributed by atoms with Gasteiger partial charge in [0, 0.05) is 24.1 Å². The van der Waals surface area contributed by atoms with Crippen LogP contribution in [0.3, 0.4) is 0 Å². The number of carbonyl (C=O) groups is 2. The largest absolute Gasteiger partial charge is 0.486 e. The lowest BCUT2D eigenvalue weighted by Gasteiger charge is -2.60. The van der Waals surface area contributed by atoms with Gasteiger partial charge >= 0.3 is 0 Å². The predicted octanol–water partition coefficient (Wildman–Crippen LogP) is 5.51. The Hall–Kier alpha value is -2.44. The van der Waals surface area contributed by atoms with Crippen LogP contribution in [0.1, 0.15) is 65.7 Å². The van der Waals surface area contributed by atoms with Gasteiger partial charge in [0.05, 0.1) is 23.7 Å². The van der Waals surface area contributed by atoms with Crippen molar-refractivity contribution >= 4 is 17.3 Å². The van der Waals surface area contributed by atoms with Crippen LogP contribution in [0.4, 0.5) is 5.69 Å². The maximum absolute atomic E-state index is 14.4. The Kier molecular flexibility index (Phi) is 6.58. The Morgan fingerprint density at radius 2 is 1.97 bits per heavy atom. The monoisotopic (exact) mass is 533 g/mol. The first-order chi connectivity index (χ1) is 18.7. The second-order valence-electron chi connectivity index (χ2n) is 13.1. The smallest absolute Gasteiger partial charge is 0.179 e. The van der Waals surface area contributed by atoms with Gasteiger partial charge < -0.3 is 19.9 Å². The molecule has 9 atom stereocenters. The van der Waals surface area contributed by atoms with E-state index in [4.69, 9.17) is 9.47 Å². The number of benzene rings is 1. The molecule has 4 fully saturated rings. The van der Waals surface area contributed by atoms with Crippen molar-refractivity contribution in [3.05, 3.63) is 48.1 Å². The van der Waals surface area contributed by atoms with Crippen molar-refractivity contribution in [2.75, 3.05) is 19.0 Å². The minimum Gasteiger partial charge on any atom is -0.486 e.